The standard InChI is InChI=1S/C21H21F2N5O/c1-24-12-19(29)27-10-11-28-18(13-27)26-20(14-2-4-15(22)5-3-14)21(28)25-17-8-6-16(23)7-9-17/h2-9,24-25H,10-13H2,1H3. The highest BCUT2D eigenvalue weighted by Gasteiger charge is 2.26. The Balaban J connectivity index is 1.72. The van der Waals surface area contributed by atoms with Gasteiger partial charge >= 0.3 is 0 Å². The van der Waals surface area contributed by atoms with Crippen molar-refractivity contribution in [2.45, 2.75) is 13.1 Å². The monoisotopic (exact) mass is 397 g/mol. The van der Waals surface area contributed by atoms with Gasteiger partial charge in [-0.05, 0) is 55.6 Å². The first kappa shape index (κ1) is 19.1. The van der Waals surface area contributed by atoms with Crippen LogP contribution in [0.25, 0.3) is 11.3 Å². The fourth-order valence-corrected chi connectivity index (χ4v) is 3.41. The molecule has 3 aromatic rings. The fraction of sp³-hybridized carbons (Fsp3) is 0.238. The second-order valence-corrected chi connectivity index (χ2v) is 6.86. The van der Waals surface area contributed by atoms with Crippen molar-refractivity contribution in [1.82, 2.24) is 19.8 Å². The van der Waals surface area contributed by atoms with Crippen LogP contribution >= 0.6 is 0 Å². The van der Waals surface area contributed by atoms with Crippen molar-refractivity contribution in [2.75, 3.05) is 25.5 Å². The highest BCUT2D eigenvalue weighted by Crippen LogP contribution is 2.33. The molecular formula is C21H21F2N5O. The van der Waals surface area contributed by atoms with E-state index in [-0.39, 0.29) is 24.1 Å². The summed E-state index contributed by atoms with van der Waals surface area (Å²) in [6.45, 7) is 1.79. The summed E-state index contributed by atoms with van der Waals surface area (Å²) in [4.78, 5) is 18.8. The van der Waals surface area contributed by atoms with Gasteiger partial charge in [0.1, 0.15) is 29.0 Å². The first-order chi connectivity index (χ1) is 14.0. The molecule has 2 heterocycles. The molecule has 4 rings (SSSR count). The van der Waals surface area contributed by atoms with E-state index in [0.29, 0.717) is 31.0 Å². The molecule has 0 atom stereocenters. The van der Waals surface area contributed by atoms with Crippen LogP contribution in [0.1, 0.15) is 5.82 Å². The number of likely N-dealkylation sites (N-methyl/N-ethyl adjacent to an activating group) is 1. The highest BCUT2D eigenvalue weighted by molar-refractivity contribution is 5.79. The molecule has 8 heteroatoms. The van der Waals surface area contributed by atoms with Crippen LogP contribution in [0.4, 0.5) is 20.3 Å². The number of fused-ring (bicyclic) bond motifs is 1. The normalized spacial score (nSPS) is 13.3. The van der Waals surface area contributed by atoms with E-state index in [9.17, 15) is 13.6 Å². The number of benzene rings is 2. The average Bonchev–Trinajstić information content (AvgIpc) is 3.08. The number of rotatable bonds is 5. The Kier molecular flexibility index (Phi) is 5.26. The SMILES string of the molecule is CNCC(=O)N1CCn2c(nc(-c3ccc(F)cc3)c2Nc2ccc(F)cc2)C1. The smallest absolute Gasteiger partial charge is 0.236 e. The highest BCUT2D eigenvalue weighted by atomic mass is 19.1. The van der Waals surface area contributed by atoms with Crippen LogP contribution in [0.2, 0.25) is 0 Å². The van der Waals surface area contributed by atoms with E-state index in [1.54, 1.807) is 36.2 Å². The zero-order valence-corrected chi connectivity index (χ0v) is 16.0. The molecule has 0 fully saturated rings. The lowest BCUT2D eigenvalue weighted by Gasteiger charge is -2.28. The maximum Gasteiger partial charge on any atom is 0.236 e. The first-order valence-corrected chi connectivity index (χ1v) is 9.35. The molecule has 6 nitrogen and oxygen atoms in total. The number of nitrogens with one attached hydrogen (secondary N) is 2. The molecule has 1 amide bonds. The van der Waals surface area contributed by atoms with Crippen LogP contribution in [-0.2, 0) is 17.9 Å². The zero-order valence-electron chi connectivity index (χ0n) is 16.0. The Morgan fingerprint density at radius 3 is 2.34 bits per heavy atom. The molecule has 2 N–H and O–H groups in total. The minimum Gasteiger partial charge on any atom is -0.340 e. The summed E-state index contributed by atoms with van der Waals surface area (Å²) in [5, 5.41) is 6.19. The van der Waals surface area contributed by atoms with Gasteiger partial charge in [0.15, 0.2) is 0 Å². The molecule has 1 aliphatic rings. The third-order valence-electron chi connectivity index (χ3n) is 4.88. The second kappa shape index (κ2) is 8.00. The largest absolute Gasteiger partial charge is 0.340 e. The summed E-state index contributed by atoms with van der Waals surface area (Å²) in [5.41, 5.74) is 2.13. The lowest BCUT2D eigenvalue weighted by atomic mass is 10.1. The van der Waals surface area contributed by atoms with E-state index in [2.05, 4.69) is 10.6 Å². The van der Waals surface area contributed by atoms with Gasteiger partial charge in [0, 0.05) is 24.3 Å². The van der Waals surface area contributed by atoms with Crippen molar-refractivity contribution >= 4 is 17.4 Å². The summed E-state index contributed by atoms with van der Waals surface area (Å²) < 4.78 is 28.7. The lowest BCUT2D eigenvalue weighted by Crippen LogP contribution is -2.42. The predicted octanol–water partition coefficient (Wildman–Crippen LogP) is 3.13. The van der Waals surface area contributed by atoms with Crippen LogP contribution in [0, 0.1) is 11.6 Å². The zero-order chi connectivity index (χ0) is 20.4. The maximum absolute atomic E-state index is 13.4. The van der Waals surface area contributed by atoms with Crippen molar-refractivity contribution in [3.8, 4) is 11.3 Å². The molecule has 0 saturated carbocycles. The van der Waals surface area contributed by atoms with E-state index < -0.39 is 0 Å². The molecule has 0 saturated heterocycles. The minimum atomic E-state index is -0.324. The number of aromatic nitrogens is 2. The van der Waals surface area contributed by atoms with Gasteiger partial charge in [-0.2, -0.15) is 0 Å². The number of hydrogen-bond donors (Lipinski definition) is 2. The number of anilines is 2. The van der Waals surface area contributed by atoms with Gasteiger partial charge in [-0.25, -0.2) is 13.8 Å². The number of imidazole rings is 1. The second-order valence-electron chi connectivity index (χ2n) is 6.86. The Morgan fingerprint density at radius 2 is 1.69 bits per heavy atom. The van der Waals surface area contributed by atoms with Gasteiger partial charge in [0.25, 0.3) is 0 Å². The molecule has 29 heavy (non-hydrogen) atoms. The van der Waals surface area contributed by atoms with Crippen LogP contribution in [0.3, 0.4) is 0 Å². The van der Waals surface area contributed by atoms with Gasteiger partial charge < -0.3 is 20.1 Å². The van der Waals surface area contributed by atoms with E-state index in [0.717, 1.165) is 17.2 Å². The molecule has 0 spiro atoms. The van der Waals surface area contributed by atoms with Crippen molar-refractivity contribution in [3.05, 3.63) is 66.0 Å². The summed E-state index contributed by atoms with van der Waals surface area (Å²) >= 11 is 0. The van der Waals surface area contributed by atoms with Crippen LogP contribution in [0.5, 0.6) is 0 Å². The summed E-state index contributed by atoms with van der Waals surface area (Å²) in [6.07, 6.45) is 0. The molecule has 1 aliphatic heterocycles. The van der Waals surface area contributed by atoms with Crippen LogP contribution < -0.4 is 10.6 Å². The first-order valence-electron chi connectivity index (χ1n) is 9.35. The Hall–Kier alpha value is -3.26. The van der Waals surface area contributed by atoms with Gasteiger partial charge in [-0.3, -0.25) is 4.79 Å². The molecule has 0 aliphatic carbocycles. The number of hydrogen-bond acceptors (Lipinski definition) is 4. The Morgan fingerprint density at radius 1 is 1.03 bits per heavy atom. The summed E-state index contributed by atoms with van der Waals surface area (Å²) in [7, 11) is 1.74. The molecule has 150 valence electrons. The number of halogens is 2. The van der Waals surface area contributed by atoms with E-state index in [1.807, 2.05) is 4.57 Å². The minimum absolute atomic E-state index is 0.0122. The molecule has 0 radical (unpaired) electrons. The summed E-state index contributed by atoms with van der Waals surface area (Å²) in [5.74, 6) is 0.847. The quantitative estimate of drug-likeness (QED) is 0.695. The molecule has 1 aromatic heterocycles. The molecule has 2 aromatic carbocycles. The van der Waals surface area contributed by atoms with E-state index in [4.69, 9.17) is 4.98 Å². The average molecular weight is 397 g/mol. The summed E-state index contributed by atoms with van der Waals surface area (Å²) in [6, 6.07) is 12.2. The van der Waals surface area contributed by atoms with Crippen molar-refractivity contribution in [2.24, 2.45) is 0 Å². The lowest BCUT2D eigenvalue weighted by molar-refractivity contribution is -0.131. The number of carbonyl (C=O) groups is 1. The van der Waals surface area contributed by atoms with Gasteiger partial charge in [0.2, 0.25) is 5.91 Å². The maximum atomic E-state index is 13.4. The van der Waals surface area contributed by atoms with Crippen molar-refractivity contribution < 1.29 is 13.6 Å². The third-order valence-corrected chi connectivity index (χ3v) is 4.88. The Labute approximate surface area is 167 Å². The number of carbonyl (C=O) groups excluding carboxylic acids is 1. The van der Waals surface area contributed by atoms with Gasteiger partial charge in [-0.1, -0.05) is 0 Å². The predicted molar refractivity (Wildman–Crippen MR) is 107 cm³/mol. The molecule has 0 bridgehead atoms. The van der Waals surface area contributed by atoms with Crippen LogP contribution in [-0.4, -0.2) is 40.5 Å². The van der Waals surface area contributed by atoms with Crippen LogP contribution in [0.15, 0.2) is 48.5 Å². The van der Waals surface area contributed by atoms with Gasteiger partial charge in [-0.15, -0.1) is 0 Å². The molecular weight excluding hydrogens is 376 g/mol. The molecule has 0 unspecified atom stereocenters. The van der Waals surface area contributed by atoms with Crippen molar-refractivity contribution in [3.63, 3.8) is 0 Å². The van der Waals surface area contributed by atoms with Gasteiger partial charge in [0.05, 0.1) is 13.1 Å². The topological polar surface area (TPSA) is 62.2 Å². The Bertz CT molecular complexity index is 1010. The number of nitrogens with zero attached hydrogens (tertiary/aromatic N) is 3. The van der Waals surface area contributed by atoms with E-state index in [1.165, 1.54) is 24.3 Å². The van der Waals surface area contributed by atoms with Crippen molar-refractivity contribution in [1.29, 1.82) is 0 Å². The number of amides is 1. The van der Waals surface area contributed by atoms with E-state index >= 15 is 0 Å². The third kappa shape index (κ3) is 3.97. The fourth-order valence-electron chi connectivity index (χ4n) is 3.41.